The molecule has 174 valence electrons. The zero-order valence-corrected chi connectivity index (χ0v) is 20.1. The lowest BCUT2D eigenvalue weighted by Gasteiger charge is -2.16. The second kappa shape index (κ2) is 10.1. The third-order valence-electron chi connectivity index (χ3n) is 4.72. The minimum Gasteiger partial charge on any atom is -0.384 e. The molecule has 0 spiro atoms. The first kappa shape index (κ1) is 24.3. The number of nitrogen functional groups attached to an aromatic ring is 1. The lowest BCUT2D eigenvalue weighted by atomic mass is 10.2. The van der Waals surface area contributed by atoms with E-state index in [2.05, 4.69) is 15.0 Å². The molecule has 0 fully saturated rings. The van der Waals surface area contributed by atoms with Crippen LogP contribution in [0.2, 0.25) is 0 Å². The summed E-state index contributed by atoms with van der Waals surface area (Å²) in [6, 6.07) is 14.4. The molecular formula is C22H25N5O4S2. The summed E-state index contributed by atoms with van der Waals surface area (Å²) in [6.45, 7) is 3.45. The number of nitrogens with two attached hydrogens (primary N) is 1. The molecule has 9 nitrogen and oxygen atoms in total. The van der Waals surface area contributed by atoms with Gasteiger partial charge in [0, 0.05) is 27.7 Å². The van der Waals surface area contributed by atoms with E-state index in [9.17, 15) is 18.0 Å². The molecule has 0 bridgehead atoms. The number of hydrogen-bond donors (Lipinski definition) is 3. The van der Waals surface area contributed by atoms with Crippen LogP contribution in [0.3, 0.4) is 0 Å². The SMILES string of the molecule is Cc1nc(N)ccc1CNC(=O)Cn1c(C)cc(Sc2ccccc2)c(NS(C)(=O)=O)c1=O. The van der Waals surface area contributed by atoms with Gasteiger partial charge in [0.25, 0.3) is 5.56 Å². The maximum Gasteiger partial charge on any atom is 0.276 e. The standard InChI is InChI=1S/C22H25N5O4S2/c1-14-11-18(32-17-7-5-4-6-8-17)21(26-33(3,30)31)22(29)27(14)13-20(28)24-12-16-9-10-19(23)25-15(16)2/h4-11,26H,12-13H2,1-3H3,(H2,23,25)(H,24,28). The van der Waals surface area contributed by atoms with E-state index in [-0.39, 0.29) is 18.8 Å². The lowest BCUT2D eigenvalue weighted by molar-refractivity contribution is -0.121. The molecule has 3 rings (SSSR count). The summed E-state index contributed by atoms with van der Waals surface area (Å²) in [4.78, 5) is 31.2. The Labute approximate surface area is 196 Å². The van der Waals surface area contributed by atoms with E-state index in [1.807, 2.05) is 30.3 Å². The predicted molar refractivity (Wildman–Crippen MR) is 130 cm³/mol. The average molecular weight is 488 g/mol. The minimum absolute atomic E-state index is 0.0941. The Kier molecular flexibility index (Phi) is 7.44. The van der Waals surface area contributed by atoms with Gasteiger partial charge in [0.05, 0.1) is 6.26 Å². The number of carbonyl (C=O) groups is 1. The lowest BCUT2D eigenvalue weighted by Crippen LogP contribution is -2.35. The van der Waals surface area contributed by atoms with Gasteiger partial charge in [-0.1, -0.05) is 36.0 Å². The molecule has 0 atom stereocenters. The van der Waals surface area contributed by atoms with E-state index in [1.165, 1.54) is 16.3 Å². The molecule has 11 heteroatoms. The van der Waals surface area contributed by atoms with E-state index in [0.29, 0.717) is 22.1 Å². The number of carbonyl (C=O) groups excluding carboxylic acids is 1. The molecular weight excluding hydrogens is 462 g/mol. The van der Waals surface area contributed by atoms with Crippen LogP contribution in [-0.4, -0.2) is 30.1 Å². The monoisotopic (exact) mass is 487 g/mol. The Morgan fingerprint density at radius 2 is 1.85 bits per heavy atom. The molecule has 33 heavy (non-hydrogen) atoms. The van der Waals surface area contributed by atoms with Crippen molar-refractivity contribution in [2.45, 2.75) is 36.7 Å². The van der Waals surface area contributed by atoms with E-state index in [0.717, 1.165) is 16.7 Å². The van der Waals surface area contributed by atoms with Crippen molar-refractivity contribution in [2.75, 3.05) is 16.7 Å². The van der Waals surface area contributed by atoms with Crippen LogP contribution in [-0.2, 0) is 27.9 Å². The molecule has 3 aromatic rings. The van der Waals surface area contributed by atoms with Gasteiger partial charge in [0.2, 0.25) is 15.9 Å². The first-order valence-electron chi connectivity index (χ1n) is 9.97. The Bertz CT molecular complexity index is 1340. The van der Waals surface area contributed by atoms with Gasteiger partial charge in [-0.15, -0.1) is 0 Å². The second-order valence-corrected chi connectivity index (χ2v) is 10.3. The summed E-state index contributed by atoms with van der Waals surface area (Å²) >= 11 is 1.26. The van der Waals surface area contributed by atoms with Crippen molar-refractivity contribution < 1.29 is 13.2 Å². The van der Waals surface area contributed by atoms with Crippen LogP contribution in [0.1, 0.15) is 17.0 Å². The van der Waals surface area contributed by atoms with Crippen LogP contribution in [0.4, 0.5) is 11.5 Å². The number of anilines is 2. The van der Waals surface area contributed by atoms with Gasteiger partial charge in [-0.25, -0.2) is 13.4 Å². The first-order valence-corrected chi connectivity index (χ1v) is 12.7. The molecule has 0 unspecified atom stereocenters. The van der Waals surface area contributed by atoms with Gasteiger partial charge in [-0.05, 0) is 43.7 Å². The zero-order valence-electron chi connectivity index (χ0n) is 18.5. The first-order chi connectivity index (χ1) is 15.5. The molecule has 0 aliphatic heterocycles. The van der Waals surface area contributed by atoms with Gasteiger partial charge in [0.1, 0.15) is 18.1 Å². The molecule has 1 aromatic carbocycles. The highest BCUT2D eigenvalue weighted by molar-refractivity contribution is 7.99. The smallest absolute Gasteiger partial charge is 0.276 e. The topological polar surface area (TPSA) is 136 Å². The number of nitrogens with zero attached hydrogens (tertiary/aromatic N) is 2. The fourth-order valence-electron chi connectivity index (χ4n) is 3.10. The molecule has 0 aliphatic carbocycles. The third kappa shape index (κ3) is 6.59. The molecule has 0 radical (unpaired) electrons. The number of aromatic nitrogens is 2. The van der Waals surface area contributed by atoms with Gasteiger partial charge >= 0.3 is 0 Å². The van der Waals surface area contributed by atoms with Crippen molar-refractivity contribution in [1.82, 2.24) is 14.9 Å². The quantitative estimate of drug-likeness (QED) is 0.443. The number of hydrogen-bond acceptors (Lipinski definition) is 7. The Balaban J connectivity index is 1.87. The van der Waals surface area contributed by atoms with Gasteiger partial charge in [0.15, 0.2) is 0 Å². The third-order valence-corrected chi connectivity index (χ3v) is 6.35. The highest BCUT2D eigenvalue weighted by Crippen LogP contribution is 2.32. The largest absolute Gasteiger partial charge is 0.384 e. The fourth-order valence-corrected chi connectivity index (χ4v) is 4.75. The normalized spacial score (nSPS) is 11.2. The predicted octanol–water partition coefficient (Wildman–Crippen LogP) is 2.28. The van der Waals surface area contributed by atoms with E-state index in [4.69, 9.17) is 5.73 Å². The summed E-state index contributed by atoms with van der Waals surface area (Å²) in [5.41, 5.74) is 6.99. The number of benzene rings is 1. The average Bonchev–Trinajstić information content (AvgIpc) is 2.73. The maximum atomic E-state index is 13.2. The van der Waals surface area contributed by atoms with Crippen LogP contribution in [0, 0.1) is 13.8 Å². The van der Waals surface area contributed by atoms with Crippen molar-refractivity contribution in [3.05, 3.63) is 75.8 Å². The number of pyridine rings is 2. The van der Waals surface area contributed by atoms with Gasteiger partial charge in [-0.2, -0.15) is 0 Å². The summed E-state index contributed by atoms with van der Waals surface area (Å²) in [7, 11) is -3.72. The fraction of sp³-hybridized carbons (Fsp3) is 0.227. The van der Waals surface area contributed by atoms with Crippen LogP contribution in [0.25, 0.3) is 0 Å². The van der Waals surface area contributed by atoms with Crippen LogP contribution in [0.15, 0.2) is 63.1 Å². The molecule has 2 heterocycles. The molecule has 0 aliphatic rings. The van der Waals surface area contributed by atoms with E-state index in [1.54, 1.807) is 32.0 Å². The van der Waals surface area contributed by atoms with Crippen molar-refractivity contribution in [2.24, 2.45) is 0 Å². The van der Waals surface area contributed by atoms with Crippen LogP contribution in [0.5, 0.6) is 0 Å². The van der Waals surface area contributed by atoms with Gasteiger partial charge < -0.3 is 15.6 Å². The molecule has 4 N–H and O–H groups in total. The zero-order chi connectivity index (χ0) is 24.2. The molecule has 0 saturated heterocycles. The second-order valence-electron chi connectivity index (χ2n) is 7.46. The highest BCUT2D eigenvalue weighted by atomic mass is 32.2. The highest BCUT2D eigenvalue weighted by Gasteiger charge is 2.19. The number of rotatable bonds is 8. The number of nitrogens with one attached hydrogen (secondary N) is 2. The van der Waals surface area contributed by atoms with Gasteiger partial charge in [-0.3, -0.25) is 14.3 Å². The molecule has 0 saturated carbocycles. The van der Waals surface area contributed by atoms with E-state index < -0.39 is 21.5 Å². The van der Waals surface area contributed by atoms with Crippen LogP contribution < -0.4 is 21.3 Å². The number of aryl methyl sites for hydroxylation is 2. The number of sulfonamides is 1. The van der Waals surface area contributed by atoms with Crippen LogP contribution >= 0.6 is 11.8 Å². The van der Waals surface area contributed by atoms with Crippen molar-refractivity contribution >= 4 is 39.2 Å². The Morgan fingerprint density at radius 3 is 2.48 bits per heavy atom. The van der Waals surface area contributed by atoms with E-state index >= 15 is 0 Å². The summed E-state index contributed by atoms with van der Waals surface area (Å²) in [5.74, 6) is -0.00526. The van der Waals surface area contributed by atoms with Crippen molar-refractivity contribution in [1.29, 1.82) is 0 Å². The van der Waals surface area contributed by atoms with Crippen molar-refractivity contribution in [3.8, 4) is 0 Å². The van der Waals surface area contributed by atoms with Crippen molar-refractivity contribution in [3.63, 3.8) is 0 Å². The molecule has 2 aromatic heterocycles. The summed E-state index contributed by atoms with van der Waals surface area (Å²) < 4.78 is 27.4. The maximum absolute atomic E-state index is 13.2. The molecule has 1 amide bonds. The number of amides is 1. The summed E-state index contributed by atoms with van der Waals surface area (Å²) in [6.07, 6.45) is 0.975. The Morgan fingerprint density at radius 1 is 1.15 bits per heavy atom. The summed E-state index contributed by atoms with van der Waals surface area (Å²) in [5, 5.41) is 2.76. The Hall–Kier alpha value is -3.31. The minimum atomic E-state index is -3.72.